The van der Waals surface area contributed by atoms with Crippen LogP contribution in [0.1, 0.15) is 19.5 Å². The van der Waals surface area contributed by atoms with Gasteiger partial charge in [0.1, 0.15) is 5.78 Å². The smallest absolute Gasteiger partial charge is 0.200 e. The lowest BCUT2D eigenvalue weighted by atomic mass is 10.0. The zero-order chi connectivity index (χ0) is 9.84. The van der Waals surface area contributed by atoms with E-state index in [2.05, 4.69) is 0 Å². The van der Waals surface area contributed by atoms with Gasteiger partial charge in [-0.25, -0.2) is 0 Å². The van der Waals surface area contributed by atoms with E-state index >= 15 is 0 Å². The molecule has 0 saturated carbocycles. The molecule has 1 rings (SSSR count). The van der Waals surface area contributed by atoms with Crippen molar-refractivity contribution in [1.29, 1.82) is 0 Å². The maximum Gasteiger partial charge on any atom is 0.200 e. The molecule has 3 nitrogen and oxygen atoms in total. The van der Waals surface area contributed by atoms with Gasteiger partial charge in [0.2, 0.25) is 0 Å². The van der Waals surface area contributed by atoms with Crippen LogP contribution in [-0.2, 0) is 11.2 Å². The van der Waals surface area contributed by atoms with Crippen LogP contribution in [0.2, 0.25) is 0 Å². The van der Waals surface area contributed by atoms with Crippen LogP contribution in [-0.4, -0.2) is 5.78 Å². The molecule has 0 amide bonds. The molecule has 0 N–H and O–H groups in total. The van der Waals surface area contributed by atoms with Crippen LogP contribution in [0.5, 0.6) is 0 Å². The Morgan fingerprint density at radius 1 is 1.54 bits per heavy atom. The van der Waals surface area contributed by atoms with Crippen molar-refractivity contribution < 1.29 is 9.52 Å². The molecule has 0 aromatic carbocycles. The van der Waals surface area contributed by atoms with Crippen LogP contribution in [0.4, 0.5) is 0 Å². The Kier molecular flexibility index (Phi) is 3.01. The molecular formula is C10H13NO2. The van der Waals surface area contributed by atoms with Gasteiger partial charge in [-0.3, -0.25) is 4.79 Å². The second kappa shape index (κ2) is 4.03. The fourth-order valence-electron chi connectivity index (χ4n) is 0.983. The first-order valence-corrected chi connectivity index (χ1v) is 4.31. The first kappa shape index (κ1) is 9.71. The highest BCUT2D eigenvalue weighted by molar-refractivity contribution is 5.81. The van der Waals surface area contributed by atoms with Crippen LogP contribution in [0, 0.1) is 11.1 Å². The zero-order valence-corrected chi connectivity index (χ0v) is 7.86. The molecule has 1 aromatic heterocycles. The molecule has 0 aliphatic heterocycles. The van der Waals surface area contributed by atoms with Crippen molar-refractivity contribution in [2.45, 2.75) is 20.3 Å². The predicted molar refractivity (Wildman–Crippen MR) is 49.0 cm³/mol. The summed E-state index contributed by atoms with van der Waals surface area (Å²) in [7, 11) is 0. The van der Waals surface area contributed by atoms with E-state index in [1.165, 1.54) is 6.20 Å². The van der Waals surface area contributed by atoms with Crippen molar-refractivity contribution in [1.82, 2.24) is 0 Å². The summed E-state index contributed by atoms with van der Waals surface area (Å²) >= 11 is 0. The quantitative estimate of drug-likeness (QED) is 0.515. The Labute approximate surface area is 77.6 Å². The molecule has 1 heterocycles. The minimum Gasteiger partial charge on any atom is -0.618 e. The number of hydrogen-bond acceptors (Lipinski definition) is 2. The van der Waals surface area contributed by atoms with Crippen molar-refractivity contribution in [3.8, 4) is 0 Å². The van der Waals surface area contributed by atoms with Gasteiger partial charge in [0, 0.05) is 18.1 Å². The van der Waals surface area contributed by atoms with Gasteiger partial charge in [0.05, 0.1) is 6.42 Å². The number of aromatic nitrogens is 1. The van der Waals surface area contributed by atoms with E-state index in [1.54, 1.807) is 18.2 Å². The standard InChI is InChI=1S/C10H13NO2/c1-8(2)10(12)7-9-5-3-4-6-11(9)13/h3-6,8H,7H2,1-2H3. The van der Waals surface area contributed by atoms with E-state index in [0.29, 0.717) is 5.69 Å². The second-order valence-corrected chi connectivity index (χ2v) is 3.32. The fraction of sp³-hybridized carbons (Fsp3) is 0.400. The Morgan fingerprint density at radius 2 is 2.23 bits per heavy atom. The summed E-state index contributed by atoms with van der Waals surface area (Å²) in [5.74, 6) is 0.0796. The van der Waals surface area contributed by atoms with Crippen LogP contribution in [0.25, 0.3) is 0 Å². The third-order valence-corrected chi connectivity index (χ3v) is 1.90. The molecular weight excluding hydrogens is 166 g/mol. The second-order valence-electron chi connectivity index (χ2n) is 3.32. The SMILES string of the molecule is CC(C)C(=O)Cc1cccc[n+]1[O-]. The number of hydrogen-bond donors (Lipinski definition) is 0. The summed E-state index contributed by atoms with van der Waals surface area (Å²) in [4.78, 5) is 11.3. The van der Waals surface area contributed by atoms with Gasteiger partial charge in [0.15, 0.2) is 11.9 Å². The van der Waals surface area contributed by atoms with Crippen LogP contribution in [0.3, 0.4) is 0 Å². The van der Waals surface area contributed by atoms with E-state index < -0.39 is 0 Å². The Balaban J connectivity index is 2.75. The predicted octanol–water partition coefficient (Wildman–Crippen LogP) is 1.09. The van der Waals surface area contributed by atoms with E-state index in [1.807, 2.05) is 13.8 Å². The number of ketones is 1. The minimum absolute atomic E-state index is 0.0137. The van der Waals surface area contributed by atoms with Crippen molar-refractivity contribution in [3.05, 3.63) is 35.3 Å². The maximum atomic E-state index is 11.3. The first-order valence-electron chi connectivity index (χ1n) is 4.31. The van der Waals surface area contributed by atoms with E-state index in [0.717, 1.165) is 4.73 Å². The third kappa shape index (κ3) is 2.54. The van der Waals surface area contributed by atoms with Crippen molar-refractivity contribution in [3.63, 3.8) is 0 Å². The summed E-state index contributed by atoms with van der Waals surface area (Å²) in [5, 5.41) is 11.1. The van der Waals surface area contributed by atoms with E-state index in [9.17, 15) is 10.0 Å². The number of pyridine rings is 1. The molecule has 0 aliphatic rings. The summed E-state index contributed by atoms with van der Waals surface area (Å²) in [6, 6.07) is 5.08. The monoisotopic (exact) mass is 179 g/mol. The highest BCUT2D eigenvalue weighted by Gasteiger charge is 2.13. The summed E-state index contributed by atoms with van der Waals surface area (Å²) in [6.45, 7) is 3.67. The molecule has 1 aromatic rings. The normalized spacial score (nSPS) is 10.4. The summed E-state index contributed by atoms with van der Waals surface area (Å²) in [6.07, 6.45) is 1.63. The van der Waals surface area contributed by atoms with Gasteiger partial charge in [-0.1, -0.05) is 13.8 Å². The lowest BCUT2D eigenvalue weighted by molar-refractivity contribution is -0.613. The molecule has 0 unspecified atom stereocenters. The van der Waals surface area contributed by atoms with Gasteiger partial charge in [-0.2, -0.15) is 4.73 Å². The molecule has 0 aliphatic carbocycles. The van der Waals surface area contributed by atoms with Gasteiger partial charge >= 0.3 is 0 Å². The molecule has 0 bridgehead atoms. The van der Waals surface area contributed by atoms with Gasteiger partial charge in [-0.05, 0) is 6.07 Å². The highest BCUT2D eigenvalue weighted by atomic mass is 16.5. The van der Waals surface area contributed by atoms with Crippen LogP contribution < -0.4 is 4.73 Å². The Hall–Kier alpha value is -1.38. The Bertz CT molecular complexity index is 308. The summed E-state index contributed by atoms with van der Waals surface area (Å²) < 4.78 is 0.736. The fourth-order valence-corrected chi connectivity index (χ4v) is 0.983. The maximum absolute atomic E-state index is 11.3. The molecule has 0 atom stereocenters. The molecule has 0 radical (unpaired) electrons. The van der Waals surface area contributed by atoms with E-state index in [4.69, 9.17) is 0 Å². The van der Waals surface area contributed by atoms with Crippen LogP contribution >= 0.6 is 0 Å². The largest absolute Gasteiger partial charge is 0.618 e. The highest BCUT2D eigenvalue weighted by Crippen LogP contribution is 2.00. The molecule has 13 heavy (non-hydrogen) atoms. The number of nitrogens with zero attached hydrogens (tertiary/aromatic N) is 1. The van der Waals surface area contributed by atoms with Crippen LogP contribution in [0.15, 0.2) is 24.4 Å². The van der Waals surface area contributed by atoms with E-state index in [-0.39, 0.29) is 18.1 Å². The lowest BCUT2D eigenvalue weighted by Gasteiger charge is -2.04. The summed E-state index contributed by atoms with van der Waals surface area (Å²) in [5.41, 5.74) is 0.515. The minimum atomic E-state index is -0.0137. The Morgan fingerprint density at radius 3 is 2.77 bits per heavy atom. The third-order valence-electron chi connectivity index (χ3n) is 1.90. The van der Waals surface area contributed by atoms with Crippen molar-refractivity contribution >= 4 is 5.78 Å². The lowest BCUT2D eigenvalue weighted by Crippen LogP contribution is -2.32. The molecule has 0 saturated heterocycles. The molecule has 0 fully saturated rings. The zero-order valence-electron chi connectivity index (χ0n) is 7.86. The number of Topliss-reactive ketones (excluding diaryl/α,β-unsaturated/α-hetero) is 1. The van der Waals surface area contributed by atoms with Crippen molar-refractivity contribution in [2.24, 2.45) is 5.92 Å². The molecule has 3 heteroatoms. The van der Waals surface area contributed by atoms with Gasteiger partial charge in [-0.15, -0.1) is 0 Å². The van der Waals surface area contributed by atoms with Gasteiger partial charge in [0.25, 0.3) is 0 Å². The first-order chi connectivity index (χ1) is 6.11. The molecule has 70 valence electrons. The average Bonchev–Trinajstić information content (AvgIpc) is 2.08. The van der Waals surface area contributed by atoms with Gasteiger partial charge < -0.3 is 5.21 Å². The number of carbonyl (C=O) groups is 1. The topological polar surface area (TPSA) is 44.0 Å². The van der Waals surface area contributed by atoms with Crippen molar-refractivity contribution in [2.75, 3.05) is 0 Å². The molecule has 0 spiro atoms. The average molecular weight is 179 g/mol. The number of rotatable bonds is 3. The number of carbonyl (C=O) groups excluding carboxylic acids is 1.